The van der Waals surface area contributed by atoms with Crippen LogP contribution in [-0.2, 0) is 11.3 Å². The predicted molar refractivity (Wildman–Crippen MR) is 67.7 cm³/mol. The normalized spacial score (nSPS) is 10.3. The van der Waals surface area contributed by atoms with Crippen molar-refractivity contribution in [3.63, 3.8) is 0 Å². The second kappa shape index (κ2) is 7.92. The first kappa shape index (κ1) is 13.8. The molecule has 0 radical (unpaired) electrons. The minimum Gasteiger partial charge on any atom is -0.493 e. The first-order chi connectivity index (χ1) is 8.31. The van der Waals surface area contributed by atoms with Crippen LogP contribution >= 0.6 is 0 Å². The second-order valence-electron chi connectivity index (χ2n) is 3.56. The zero-order valence-corrected chi connectivity index (χ0v) is 10.8. The maximum Gasteiger partial charge on any atom is 0.161 e. The van der Waals surface area contributed by atoms with Crippen LogP contribution in [0.1, 0.15) is 12.5 Å². The lowest BCUT2D eigenvalue weighted by Gasteiger charge is -2.12. The fraction of sp³-hybridized carbons (Fsp3) is 0.538. The van der Waals surface area contributed by atoms with E-state index in [1.54, 1.807) is 7.11 Å². The number of benzene rings is 1. The van der Waals surface area contributed by atoms with Gasteiger partial charge < -0.3 is 19.5 Å². The van der Waals surface area contributed by atoms with E-state index in [9.17, 15) is 0 Å². The average Bonchev–Trinajstić information content (AvgIpc) is 2.36. The minimum absolute atomic E-state index is 0.537. The van der Waals surface area contributed by atoms with E-state index in [0.29, 0.717) is 19.8 Å². The molecule has 4 heteroatoms. The van der Waals surface area contributed by atoms with Crippen molar-refractivity contribution >= 4 is 0 Å². The molecule has 0 aromatic heterocycles. The van der Waals surface area contributed by atoms with Crippen LogP contribution in [0.15, 0.2) is 18.2 Å². The summed E-state index contributed by atoms with van der Waals surface area (Å²) in [5.41, 5.74) is 1.17. The summed E-state index contributed by atoms with van der Waals surface area (Å²) >= 11 is 0. The first-order valence-electron chi connectivity index (χ1n) is 5.83. The van der Waals surface area contributed by atoms with Crippen molar-refractivity contribution in [1.29, 1.82) is 0 Å². The molecular weight excluding hydrogens is 218 g/mol. The summed E-state index contributed by atoms with van der Waals surface area (Å²) in [4.78, 5) is 0. The van der Waals surface area contributed by atoms with Crippen LogP contribution in [0, 0.1) is 0 Å². The van der Waals surface area contributed by atoms with E-state index in [-0.39, 0.29) is 0 Å². The molecule has 0 aliphatic heterocycles. The third-order valence-electron chi connectivity index (χ3n) is 2.30. The van der Waals surface area contributed by atoms with Crippen molar-refractivity contribution in [2.24, 2.45) is 0 Å². The molecule has 0 bridgehead atoms. The van der Waals surface area contributed by atoms with Gasteiger partial charge in [-0.15, -0.1) is 0 Å². The number of hydrogen-bond acceptors (Lipinski definition) is 4. The monoisotopic (exact) mass is 239 g/mol. The molecule has 96 valence electrons. The van der Waals surface area contributed by atoms with Crippen LogP contribution < -0.4 is 14.8 Å². The van der Waals surface area contributed by atoms with Crippen LogP contribution in [0.5, 0.6) is 11.5 Å². The summed E-state index contributed by atoms with van der Waals surface area (Å²) in [6.45, 7) is 4.62. The van der Waals surface area contributed by atoms with Gasteiger partial charge in [-0.25, -0.2) is 0 Å². The lowest BCUT2D eigenvalue weighted by Crippen LogP contribution is -2.08. The highest BCUT2D eigenvalue weighted by Gasteiger charge is 2.05. The number of ether oxygens (including phenoxy) is 3. The van der Waals surface area contributed by atoms with Gasteiger partial charge in [-0.2, -0.15) is 0 Å². The second-order valence-corrected chi connectivity index (χ2v) is 3.56. The van der Waals surface area contributed by atoms with Crippen LogP contribution in [0.2, 0.25) is 0 Å². The van der Waals surface area contributed by atoms with Gasteiger partial charge in [0.25, 0.3) is 0 Å². The summed E-state index contributed by atoms with van der Waals surface area (Å²) in [7, 11) is 3.56. The molecule has 0 fully saturated rings. The zero-order valence-electron chi connectivity index (χ0n) is 10.8. The minimum atomic E-state index is 0.537. The average molecular weight is 239 g/mol. The largest absolute Gasteiger partial charge is 0.493 e. The third kappa shape index (κ3) is 4.63. The summed E-state index contributed by atoms with van der Waals surface area (Å²) in [5, 5.41) is 3.10. The van der Waals surface area contributed by atoms with Gasteiger partial charge in [0.2, 0.25) is 0 Å². The highest BCUT2D eigenvalue weighted by molar-refractivity contribution is 5.42. The molecule has 0 aliphatic carbocycles. The number of rotatable bonds is 8. The Labute approximate surface area is 103 Å². The quantitative estimate of drug-likeness (QED) is 0.703. The molecule has 0 spiro atoms. The molecule has 0 aliphatic rings. The van der Waals surface area contributed by atoms with Gasteiger partial charge in [-0.3, -0.25) is 0 Å². The standard InChI is InChI=1S/C13H21NO3/c1-4-16-7-8-17-12-6-5-11(10-14-2)9-13(12)15-3/h5-6,9,14H,4,7-8,10H2,1-3H3. The van der Waals surface area contributed by atoms with Gasteiger partial charge in [0.05, 0.1) is 13.7 Å². The molecule has 0 heterocycles. The van der Waals surface area contributed by atoms with Gasteiger partial charge in [-0.1, -0.05) is 6.07 Å². The van der Waals surface area contributed by atoms with E-state index < -0.39 is 0 Å². The van der Waals surface area contributed by atoms with E-state index in [1.807, 2.05) is 32.2 Å². The molecule has 1 rings (SSSR count). The number of nitrogens with one attached hydrogen (secondary N) is 1. The Balaban J connectivity index is 2.58. The summed E-state index contributed by atoms with van der Waals surface area (Å²) in [6.07, 6.45) is 0. The maximum absolute atomic E-state index is 5.59. The lowest BCUT2D eigenvalue weighted by atomic mass is 10.2. The Kier molecular flexibility index (Phi) is 6.43. The number of methoxy groups -OCH3 is 1. The Morgan fingerprint density at radius 1 is 1.18 bits per heavy atom. The molecule has 0 unspecified atom stereocenters. The van der Waals surface area contributed by atoms with E-state index in [1.165, 1.54) is 5.56 Å². The Hall–Kier alpha value is -1.26. The van der Waals surface area contributed by atoms with Crippen molar-refractivity contribution in [3.8, 4) is 11.5 Å². The molecule has 1 N–H and O–H groups in total. The first-order valence-corrected chi connectivity index (χ1v) is 5.83. The van der Waals surface area contributed by atoms with E-state index in [2.05, 4.69) is 5.32 Å². The zero-order chi connectivity index (χ0) is 12.5. The van der Waals surface area contributed by atoms with Crippen LogP contribution in [0.4, 0.5) is 0 Å². The topological polar surface area (TPSA) is 39.7 Å². The summed E-state index contributed by atoms with van der Waals surface area (Å²) in [5.74, 6) is 1.52. The SMILES string of the molecule is CCOCCOc1ccc(CNC)cc1OC. The van der Waals surface area contributed by atoms with Crippen molar-refractivity contribution in [3.05, 3.63) is 23.8 Å². The van der Waals surface area contributed by atoms with Gasteiger partial charge in [0.15, 0.2) is 11.5 Å². The molecule has 0 amide bonds. The Morgan fingerprint density at radius 3 is 2.65 bits per heavy atom. The molecular formula is C13H21NO3. The van der Waals surface area contributed by atoms with Gasteiger partial charge >= 0.3 is 0 Å². The van der Waals surface area contributed by atoms with Crippen LogP contribution in [-0.4, -0.2) is 34.0 Å². The molecule has 4 nitrogen and oxygen atoms in total. The smallest absolute Gasteiger partial charge is 0.161 e. The molecule has 1 aromatic carbocycles. The fourth-order valence-corrected chi connectivity index (χ4v) is 1.50. The predicted octanol–water partition coefficient (Wildman–Crippen LogP) is 1.83. The summed E-state index contributed by atoms with van der Waals surface area (Å²) < 4.78 is 16.1. The molecule has 17 heavy (non-hydrogen) atoms. The van der Waals surface area contributed by atoms with E-state index in [4.69, 9.17) is 14.2 Å². The Morgan fingerprint density at radius 2 is 2.00 bits per heavy atom. The van der Waals surface area contributed by atoms with E-state index >= 15 is 0 Å². The maximum atomic E-state index is 5.59. The fourth-order valence-electron chi connectivity index (χ4n) is 1.50. The molecule has 0 atom stereocenters. The highest BCUT2D eigenvalue weighted by Crippen LogP contribution is 2.27. The van der Waals surface area contributed by atoms with Crippen molar-refractivity contribution < 1.29 is 14.2 Å². The van der Waals surface area contributed by atoms with Gasteiger partial charge in [0.1, 0.15) is 6.61 Å². The molecule has 0 saturated carbocycles. The molecule has 1 aromatic rings. The van der Waals surface area contributed by atoms with Crippen LogP contribution in [0.25, 0.3) is 0 Å². The van der Waals surface area contributed by atoms with Crippen molar-refractivity contribution in [2.45, 2.75) is 13.5 Å². The third-order valence-corrected chi connectivity index (χ3v) is 2.30. The van der Waals surface area contributed by atoms with Gasteiger partial charge in [-0.05, 0) is 31.7 Å². The highest BCUT2D eigenvalue weighted by atomic mass is 16.5. The van der Waals surface area contributed by atoms with Gasteiger partial charge in [0, 0.05) is 13.2 Å². The van der Waals surface area contributed by atoms with Crippen molar-refractivity contribution in [1.82, 2.24) is 5.32 Å². The van der Waals surface area contributed by atoms with Crippen molar-refractivity contribution in [2.75, 3.05) is 34.0 Å². The Bertz CT molecular complexity index is 328. The lowest BCUT2D eigenvalue weighted by molar-refractivity contribution is 0.109. The molecule has 0 saturated heterocycles. The summed E-state index contributed by atoms with van der Waals surface area (Å²) in [6, 6.07) is 5.93. The van der Waals surface area contributed by atoms with Crippen LogP contribution in [0.3, 0.4) is 0 Å². The number of hydrogen-bond donors (Lipinski definition) is 1. The van der Waals surface area contributed by atoms with E-state index in [0.717, 1.165) is 18.0 Å².